The van der Waals surface area contributed by atoms with Gasteiger partial charge in [0.15, 0.2) is 0 Å². The largest absolute Gasteiger partial charge is 0.455 e. The van der Waals surface area contributed by atoms with Gasteiger partial charge in [-0.25, -0.2) is 0 Å². The second kappa shape index (κ2) is 5.16. The standard InChI is InChI=1S/C19H14N2O/c20-12-17-15(13-6-2-1-3-7-13)11-16(21-17)19-10-14-8-4-5-9-18(14)22-19/h1-10,15,17H,11H2/t15-,17+/m1/s1. The van der Waals surface area contributed by atoms with Crippen molar-refractivity contribution in [2.45, 2.75) is 18.4 Å². The minimum Gasteiger partial charge on any atom is -0.455 e. The highest BCUT2D eigenvalue weighted by atomic mass is 16.3. The zero-order valence-corrected chi connectivity index (χ0v) is 11.9. The summed E-state index contributed by atoms with van der Waals surface area (Å²) in [7, 11) is 0. The molecule has 106 valence electrons. The van der Waals surface area contributed by atoms with Crippen LogP contribution >= 0.6 is 0 Å². The van der Waals surface area contributed by atoms with Crippen LogP contribution in [0.3, 0.4) is 0 Å². The fourth-order valence-corrected chi connectivity index (χ4v) is 3.04. The summed E-state index contributed by atoms with van der Waals surface area (Å²) in [6.45, 7) is 0. The van der Waals surface area contributed by atoms with Crippen LogP contribution in [0.2, 0.25) is 0 Å². The summed E-state index contributed by atoms with van der Waals surface area (Å²) in [5, 5.41) is 10.5. The van der Waals surface area contributed by atoms with Gasteiger partial charge in [-0.3, -0.25) is 4.99 Å². The molecule has 2 heterocycles. The van der Waals surface area contributed by atoms with Crippen molar-refractivity contribution in [2.75, 3.05) is 0 Å². The van der Waals surface area contributed by atoms with Crippen molar-refractivity contribution >= 4 is 16.7 Å². The summed E-state index contributed by atoms with van der Waals surface area (Å²) < 4.78 is 5.89. The molecular weight excluding hydrogens is 272 g/mol. The number of aliphatic imine (C=N–C) groups is 1. The Bertz CT molecular complexity index is 853. The van der Waals surface area contributed by atoms with E-state index in [9.17, 15) is 5.26 Å². The van der Waals surface area contributed by atoms with E-state index in [2.05, 4.69) is 23.2 Å². The Hall–Kier alpha value is -2.86. The normalized spacial score (nSPS) is 20.8. The zero-order chi connectivity index (χ0) is 14.9. The second-order valence-electron chi connectivity index (χ2n) is 5.52. The Labute approximate surface area is 128 Å². The van der Waals surface area contributed by atoms with Crippen LogP contribution in [0.15, 0.2) is 70.1 Å². The summed E-state index contributed by atoms with van der Waals surface area (Å²) in [4.78, 5) is 4.59. The van der Waals surface area contributed by atoms with E-state index in [0.29, 0.717) is 0 Å². The molecule has 1 aliphatic heterocycles. The summed E-state index contributed by atoms with van der Waals surface area (Å²) in [5.74, 6) is 0.884. The van der Waals surface area contributed by atoms with Crippen molar-refractivity contribution in [3.63, 3.8) is 0 Å². The molecule has 1 aromatic heterocycles. The molecule has 1 aliphatic rings. The topological polar surface area (TPSA) is 49.3 Å². The van der Waals surface area contributed by atoms with Gasteiger partial charge < -0.3 is 4.42 Å². The van der Waals surface area contributed by atoms with Crippen LogP contribution < -0.4 is 0 Å². The fraction of sp³-hybridized carbons (Fsp3) is 0.158. The highest BCUT2D eigenvalue weighted by Crippen LogP contribution is 2.34. The van der Waals surface area contributed by atoms with Crippen LogP contribution in [-0.4, -0.2) is 11.8 Å². The Morgan fingerprint density at radius 2 is 1.82 bits per heavy atom. The minimum absolute atomic E-state index is 0.106. The van der Waals surface area contributed by atoms with Crippen LogP contribution in [0.5, 0.6) is 0 Å². The number of rotatable bonds is 2. The molecule has 2 aromatic carbocycles. The van der Waals surface area contributed by atoms with E-state index in [1.165, 1.54) is 0 Å². The van der Waals surface area contributed by atoms with Gasteiger partial charge in [-0.2, -0.15) is 5.26 Å². The Balaban J connectivity index is 1.70. The highest BCUT2D eigenvalue weighted by molar-refractivity contribution is 6.03. The lowest BCUT2D eigenvalue weighted by atomic mass is 9.90. The third-order valence-electron chi connectivity index (χ3n) is 4.16. The number of para-hydroxylation sites is 1. The van der Waals surface area contributed by atoms with Gasteiger partial charge in [0.1, 0.15) is 17.4 Å². The maximum atomic E-state index is 9.41. The maximum Gasteiger partial charge on any atom is 0.149 e. The molecule has 0 saturated heterocycles. The van der Waals surface area contributed by atoms with Crippen molar-refractivity contribution in [1.82, 2.24) is 0 Å². The van der Waals surface area contributed by atoms with Crippen molar-refractivity contribution in [2.24, 2.45) is 4.99 Å². The fourth-order valence-electron chi connectivity index (χ4n) is 3.04. The average molecular weight is 286 g/mol. The van der Waals surface area contributed by atoms with Crippen LogP contribution in [0.25, 0.3) is 11.0 Å². The molecule has 3 heteroatoms. The first kappa shape index (κ1) is 12.8. The third-order valence-corrected chi connectivity index (χ3v) is 4.16. The molecule has 22 heavy (non-hydrogen) atoms. The van der Waals surface area contributed by atoms with Gasteiger partial charge in [0, 0.05) is 17.7 Å². The van der Waals surface area contributed by atoms with Gasteiger partial charge in [-0.05, 0) is 17.7 Å². The van der Waals surface area contributed by atoms with Gasteiger partial charge in [-0.1, -0.05) is 48.5 Å². The summed E-state index contributed by atoms with van der Waals surface area (Å²) in [5.41, 5.74) is 2.90. The smallest absolute Gasteiger partial charge is 0.149 e. The number of nitrogens with zero attached hydrogens (tertiary/aromatic N) is 2. The molecule has 0 spiro atoms. The predicted octanol–water partition coefficient (Wildman–Crippen LogP) is 4.30. The zero-order valence-electron chi connectivity index (χ0n) is 11.9. The van der Waals surface area contributed by atoms with Gasteiger partial charge in [-0.15, -0.1) is 0 Å². The molecule has 0 fully saturated rings. The minimum atomic E-state index is -0.342. The summed E-state index contributed by atoms with van der Waals surface area (Å²) in [6, 6.07) is 22.0. The van der Waals surface area contributed by atoms with Crippen LogP contribution in [-0.2, 0) is 0 Å². The number of furan rings is 1. The SMILES string of the molecule is N#C[C@@H]1N=C(c2cc3ccccc3o2)C[C@@H]1c1ccccc1. The molecule has 0 aliphatic carbocycles. The molecule has 2 atom stereocenters. The first-order chi connectivity index (χ1) is 10.8. The molecule has 3 aromatic rings. The maximum absolute atomic E-state index is 9.41. The molecule has 4 rings (SSSR count). The monoisotopic (exact) mass is 286 g/mol. The molecule has 0 N–H and O–H groups in total. The number of fused-ring (bicyclic) bond motifs is 1. The van der Waals surface area contributed by atoms with Crippen LogP contribution in [0.1, 0.15) is 23.7 Å². The Kier molecular flexibility index (Phi) is 3.01. The van der Waals surface area contributed by atoms with Crippen molar-refractivity contribution in [3.05, 3.63) is 72.0 Å². The van der Waals surface area contributed by atoms with Gasteiger partial charge in [0.25, 0.3) is 0 Å². The van der Waals surface area contributed by atoms with E-state index < -0.39 is 0 Å². The van der Waals surface area contributed by atoms with Gasteiger partial charge >= 0.3 is 0 Å². The van der Waals surface area contributed by atoms with E-state index >= 15 is 0 Å². The first-order valence-electron chi connectivity index (χ1n) is 7.35. The van der Waals surface area contributed by atoms with E-state index in [1.54, 1.807) is 0 Å². The van der Waals surface area contributed by atoms with E-state index in [1.807, 2.05) is 48.5 Å². The first-order valence-corrected chi connectivity index (χ1v) is 7.35. The van der Waals surface area contributed by atoms with E-state index in [4.69, 9.17) is 4.42 Å². The lowest BCUT2D eigenvalue weighted by Crippen LogP contribution is -2.09. The number of nitriles is 1. The predicted molar refractivity (Wildman–Crippen MR) is 86.0 cm³/mol. The van der Waals surface area contributed by atoms with Gasteiger partial charge in [0.2, 0.25) is 0 Å². The van der Waals surface area contributed by atoms with Crippen molar-refractivity contribution in [3.8, 4) is 6.07 Å². The van der Waals surface area contributed by atoms with Crippen molar-refractivity contribution in [1.29, 1.82) is 5.26 Å². The van der Waals surface area contributed by atoms with Crippen LogP contribution in [0, 0.1) is 11.3 Å². The molecule has 3 nitrogen and oxygen atoms in total. The average Bonchev–Trinajstić information content (AvgIpc) is 3.19. The Morgan fingerprint density at radius 1 is 1.05 bits per heavy atom. The molecule has 0 unspecified atom stereocenters. The lowest BCUT2D eigenvalue weighted by Gasteiger charge is -2.11. The third kappa shape index (κ3) is 2.10. The molecule has 0 amide bonds. The van der Waals surface area contributed by atoms with Crippen molar-refractivity contribution < 1.29 is 4.42 Å². The summed E-state index contributed by atoms with van der Waals surface area (Å²) in [6.07, 6.45) is 0.738. The van der Waals surface area contributed by atoms with E-state index in [0.717, 1.165) is 34.4 Å². The number of benzene rings is 2. The van der Waals surface area contributed by atoms with E-state index in [-0.39, 0.29) is 12.0 Å². The molecular formula is C19H14N2O. The highest BCUT2D eigenvalue weighted by Gasteiger charge is 2.32. The van der Waals surface area contributed by atoms with Crippen LogP contribution in [0.4, 0.5) is 0 Å². The summed E-state index contributed by atoms with van der Waals surface area (Å²) >= 11 is 0. The molecule has 0 bridgehead atoms. The molecule has 0 saturated carbocycles. The Morgan fingerprint density at radius 3 is 2.59 bits per heavy atom. The van der Waals surface area contributed by atoms with Gasteiger partial charge in [0.05, 0.1) is 11.8 Å². The quantitative estimate of drug-likeness (QED) is 0.705. The number of hydrogen-bond donors (Lipinski definition) is 0. The molecule has 0 radical (unpaired) electrons. The number of hydrogen-bond acceptors (Lipinski definition) is 3. The second-order valence-corrected chi connectivity index (χ2v) is 5.52. The lowest BCUT2D eigenvalue weighted by molar-refractivity contribution is 0.602.